The number of hydrogen-bond donors (Lipinski definition) is 7. The van der Waals surface area contributed by atoms with Crippen molar-refractivity contribution in [2.24, 2.45) is 81.8 Å². The van der Waals surface area contributed by atoms with Gasteiger partial charge in [0.1, 0.15) is 5.78 Å². The van der Waals surface area contributed by atoms with Crippen molar-refractivity contribution >= 4 is 17.5 Å². The summed E-state index contributed by atoms with van der Waals surface area (Å²) in [5, 5.41) is 66.1. The van der Waals surface area contributed by atoms with Crippen LogP contribution < -0.4 is 5.32 Å². The number of aromatic nitrogens is 1. The van der Waals surface area contributed by atoms with Crippen LogP contribution in [-0.2, 0) is 19.1 Å². The molecule has 366 valence electrons. The van der Waals surface area contributed by atoms with E-state index in [1.165, 1.54) is 13.3 Å². The number of aromatic amines is 1. The summed E-state index contributed by atoms with van der Waals surface area (Å²) >= 11 is 0. The molecule has 1 aromatic heterocycles. The van der Waals surface area contributed by atoms with Gasteiger partial charge in [-0.3, -0.25) is 14.4 Å². The second-order valence-corrected chi connectivity index (χ2v) is 24.3. The van der Waals surface area contributed by atoms with Crippen molar-refractivity contribution in [3.05, 3.63) is 46.9 Å². The van der Waals surface area contributed by atoms with E-state index in [1.807, 2.05) is 18.5 Å². The van der Waals surface area contributed by atoms with E-state index in [9.17, 15) is 35.1 Å². The Morgan fingerprint density at radius 1 is 0.940 bits per heavy atom. The van der Waals surface area contributed by atoms with Crippen LogP contribution in [0.1, 0.15) is 149 Å². The van der Waals surface area contributed by atoms with E-state index in [4.69, 9.17) is 4.74 Å². The number of carbonyl (C=O) groups is 3. The maximum Gasteiger partial charge on any atom is 0.313 e. The van der Waals surface area contributed by atoms with E-state index in [0.717, 1.165) is 56.9 Å². The molecule has 0 amide bonds. The van der Waals surface area contributed by atoms with Crippen LogP contribution in [-0.4, -0.2) is 90.7 Å². The molecular weight excluding hydrogens is 845 g/mol. The SMILES string of the molecule is CC(=O)CNC1=C2C(CCC3(C)C4C(CC#CC(C5COC(=O)C5c5cc[nH]c5)CC5C6CC(C)CCC6=CCC5C(C)CC(O)C4(C)O)CC23O)C2(C3CCCC3)CC(O)C(O)CC2C1=O. The van der Waals surface area contributed by atoms with Crippen molar-refractivity contribution in [3.63, 3.8) is 0 Å². The highest BCUT2D eigenvalue weighted by Gasteiger charge is 2.74. The number of ether oxygens (including phenoxy) is 1. The molecule has 0 radical (unpaired) electrons. The average Bonchev–Trinajstić information content (AvgIpc) is 4.11. The molecule has 1 aromatic rings. The normalized spacial score (nSPS) is 47.8. The van der Waals surface area contributed by atoms with E-state index in [-0.39, 0.29) is 97.1 Å². The van der Waals surface area contributed by atoms with E-state index in [2.05, 4.69) is 49.0 Å². The first-order valence-corrected chi connectivity index (χ1v) is 26.4. The maximum absolute atomic E-state index is 15.3. The summed E-state index contributed by atoms with van der Waals surface area (Å²) in [6.07, 6.45) is 14.4. The first-order valence-electron chi connectivity index (χ1n) is 26.4. The zero-order chi connectivity index (χ0) is 47.4. The molecule has 11 heteroatoms. The molecule has 2 heterocycles. The average molecular weight is 923 g/mol. The molecule has 67 heavy (non-hydrogen) atoms. The number of esters is 1. The van der Waals surface area contributed by atoms with Crippen LogP contribution in [0, 0.1) is 93.7 Å². The summed E-state index contributed by atoms with van der Waals surface area (Å²) in [6.45, 7) is 10.1. The molecule has 6 fully saturated rings. The molecule has 7 N–H and O–H groups in total. The fourth-order valence-electron chi connectivity index (χ4n) is 17.8. The van der Waals surface area contributed by atoms with Crippen LogP contribution >= 0.6 is 0 Å². The largest absolute Gasteiger partial charge is 0.465 e. The van der Waals surface area contributed by atoms with Gasteiger partial charge in [-0.25, -0.2) is 0 Å². The van der Waals surface area contributed by atoms with Gasteiger partial charge in [0.25, 0.3) is 0 Å². The maximum atomic E-state index is 15.3. The summed E-state index contributed by atoms with van der Waals surface area (Å²) < 4.78 is 5.91. The molecule has 0 bridgehead atoms. The molecule has 8 aliphatic carbocycles. The number of hydrogen-bond acceptors (Lipinski definition) is 10. The van der Waals surface area contributed by atoms with Gasteiger partial charge < -0.3 is 40.6 Å². The third-order valence-electron chi connectivity index (χ3n) is 20.8. The van der Waals surface area contributed by atoms with Crippen LogP contribution in [0.4, 0.5) is 0 Å². The van der Waals surface area contributed by atoms with Crippen LogP contribution in [0.2, 0.25) is 0 Å². The van der Waals surface area contributed by atoms with Gasteiger partial charge in [0.05, 0.1) is 54.3 Å². The van der Waals surface area contributed by atoms with Gasteiger partial charge in [-0.15, -0.1) is 5.92 Å². The van der Waals surface area contributed by atoms with Crippen molar-refractivity contribution in [2.75, 3.05) is 13.2 Å². The van der Waals surface area contributed by atoms with E-state index < -0.39 is 64.0 Å². The number of aliphatic hydroxyl groups excluding tert-OH is 3. The highest BCUT2D eigenvalue weighted by atomic mass is 16.5. The highest BCUT2D eigenvalue weighted by molar-refractivity contribution is 6.00. The Balaban J connectivity index is 1.11. The number of ketones is 2. The summed E-state index contributed by atoms with van der Waals surface area (Å²) in [5.74, 6) is 5.86. The molecule has 1 aliphatic heterocycles. The predicted octanol–water partition coefficient (Wildman–Crippen LogP) is 6.93. The predicted molar refractivity (Wildman–Crippen MR) is 252 cm³/mol. The number of fused-ring (bicyclic) bond motifs is 10. The highest BCUT2D eigenvalue weighted by Crippen LogP contribution is 2.73. The topological polar surface area (TPSA) is 189 Å². The van der Waals surface area contributed by atoms with Gasteiger partial charge in [-0.05, 0) is 167 Å². The Kier molecular flexibility index (Phi) is 12.4. The molecule has 1 saturated heterocycles. The van der Waals surface area contributed by atoms with Crippen LogP contribution in [0.3, 0.4) is 0 Å². The standard InChI is InChI=1S/C56H78N2O9/c1-30-13-14-33-15-16-38-31(2)22-46(62)54(5,65)51-35(10-8-9-34(23-40(38)39(33)21-30)41-29-67-52(64)47(41)36-18-20-57-28-36)25-56(66)48-42(17-19-53(51,56)4)55(37-11-6-7-12-37)26-45(61)44(60)24-43(55)50(63)49(48)58-27-32(3)59/h15,18,20,28,30-31,34-35,37-47,51,57-58,60-62,65-66H,6-7,10-14,16-17,19,21-27,29H2,1-5H3. The minimum atomic E-state index is -1.65. The third kappa shape index (κ3) is 7.49. The van der Waals surface area contributed by atoms with Gasteiger partial charge in [0.15, 0.2) is 5.78 Å². The second-order valence-electron chi connectivity index (χ2n) is 24.3. The Hall–Kier alpha value is -3.27. The van der Waals surface area contributed by atoms with Crippen LogP contribution in [0.25, 0.3) is 0 Å². The summed E-state index contributed by atoms with van der Waals surface area (Å²) in [6, 6.07) is 1.97. The van der Waals surface area contributed by atoms with Crippen molar-refractivity contribution in [1.82, 2.24) is 10.3 Å². The lowest BCUT2D eigenvalue weighted by atomic mass is 9.41. The van der Waals surface area contributed by atoms with Crippen molar-refractivity contribution in [2.45, 2.75) is 173 Å². The minimum Gasteiger partial charge on any atom is -0.465 e. The number of H-pyrrole nitrogens is 1. The zero-order valence-electron chi connectivity index (χ0n) is 40.6. The number of aliphatic hydroxyl groups is 5. The Labute approximate surface area is 397 Å². The number of Topliss-reactive ketones (excluding diaryl/α,β-unsaturated/α-hetero) is 2. The third-order valence-corrected chi connectivity index (χ3v) is 20.8. The Bertz CT molecular complexity index is 2220. The first-order chi connectivity index (χ1) is 31.9. The van der Waals surface area contributed by atoms with Gasteiger partial charge in [-0.1, -0.05) is 51.2 Å². The lowest BCUT2D eigenvalue weighted by molar-refractivity contribution is -0.190. The fourth-order valence-corrected chi connectivity index (χ4v) is 17.8. The number of carbonyl (C=O) groups excluding carboxylic acids is 3. The molecule has 19 atom stereocenters. The van der Waals surface area contributed by atoms with Crippen molar-refractivity contribution < 1.29 is 44.7 Å². The number of nitrogens with one attached hydrogen (secondary N) is 2. The summed E-state index contributed by atoms with van der Waals surface area (Å²) in [4.78, 5) is 44.9. The zero-order valence-corrected chi connectivity index (χ0v) is 40.6. The molecule has 0 aromatic carbocycles. The first kappa shape index (κ1) is 47.4. The molecule has 0 spiro atoms. The minimum absolute atomic E-state index is 0.0393. The van der Waals surface area contributed by atoms with E-state index in [1.54, 1.807) is 12.5 Å². The summed E-state index contributed by atoms with van der Waals surface area (Å²) in [5.41, 5.74) is -1.69. The van der Waals surface area contributed by atoms with E-state index in [0.29, 0.717) is 43.1 Å². The van der Waals surface area contributed by atoms with E-state index >= 15 is 4.79 Å². The smallest absolute Gasteiger partial charge is 0.313 e. The lowest BCUT2D eigenvalue weighted by Gasteiger charge is -2.64. The lowest BCUT2D eigenvalue weighted by Crippen LogP contribution is -2.66. The van der Waals surface area contributed by atoms with Crippen molar-refractivity contribution in [3.8, 4) is 11.8 Å². The quantitative estimate of drug-likeness (QED) is 0.0896. The van der Waals surface area contributed by atoms with Gasteiger partial charge in [0, 0.05) is 47.9 Å². The monoisotopic (exact) mass is 923 g/mol. The van der Waals surface area contributed by atoms with Gasteiger partial charge >= 0.3 is 5.97 Å². The Morgan fingerprint density at radius 3 is 2.45 bits per heavy atom. The molecule has 10 rings (SSSR count). The van der Waals surface area contributed by atoms with Crippen LogP contribution in [0.5, 0.6) is 0 Å². The van der Waals surface area contributed by atoms with Crippen molar-refractivity contribution in [1.29, 1.82) is 0 Å². The summed E-state index contributed by atoms with van der Waals surface area (Å²) in [7, 11) is 0. The molecule has 5 saturated carbocycles. The molecule has 11 nitrogen and oxygen atoms in total. The van der Waals surface area contributed by atoms with Gasteiger partial charge in [0.2, 0.25) is 0 Å². The number of cyclic esters (lactones) is 1. The molecule has 19 unspecified atom stereocenters. The van der Waals surface area contributed by atoms with Crippen LogP contribution in [0.15, 0.2) is 41.4 Å². The van der Waals surface area contributed by atoms with Gasteiger partial charge in [-0.2, -0.15) is 0 Å². The Morgan fingerprint density at radius 2 is 1.72 bits per heavy atom. The second kappa shape index (κ2) is 17.5. The number of allylic oxidation sites excluding steroid dienone is 3. The molecular formula is C56H78N2O9. The molecule has 9 aliphatic rings. The fraction of sp³-hybridized carbons (Fsp3) is 0.768. The number of rotatable bonds is 6.